The van der Waals surface area contributed by atoms with Crippen molar-refractivity contribution >= 4 is 45.6 Å². The molecular formula is C23H18ClFN2O3S. The molecule has 0 unspecified atom stereocenters. The molecule has 158 valence electrons. The van der Waals surface area contributed by atoms with E-state index in [-0.39, 0.29) is 29.9 Å². The summed E-state index contributed by atoms with van der Waals surface area (Å²) in [6, 6.07) is 15.8. The Labute approximate surface area is 186 Å². The highest BCUT2D eigenvalue weighted by Crippen LogP contribution is 2.32. The number of amides is 2. The normalized spacial score (nSPS) is 15.5. The Kier molecular flexibility index (Phi) is 5.89. The van der Waals surface area contributed by atoms with Crippen LogP contribution in [0.5, 0.6) is 0 Å². The van der Waals surface area contributed by atoms with E-state index in [2.05, 4.69) is 5.32 Å². The van der Waals surface area contributed by atoms with Crippen LogP contribution in [-0.2, 0) is 22.1 Å². The van der Waals surface area contributed by atoms with Crippen molar-refractivity contribution in [3.63, 3.8) is 0 Å². The molecule has 3 aromatic carbocycles. The van der Waals surface area contributed by atoms with Crippen LogP contribution >= 0.6 is 11.6 Å². The van der Waals surface area contributed by atoms with Crippen LogP contribution in [0.2, 0.25) is 5.02 Å². The molecule has 1 heterocycles. The number of fused-ring (bicyclic) bond motifs is 1. The lowest BCUT2D eigenvalue weighted by Gasteiger charge is -2.29. The van der Waals surface area contributed by atoms with Crippen molar-refractivity contribution in [2.45, 2.75) is 18.4 Å². The zero-order chi connectivity index (χ0) is 22.1. The van der Waals surface area contributed by atoms with E-state index in [4.69, 9.17) is 11.6 Å². The molecular weight excluding hydrogens is 439 g/mol. The maximum absolute atomic E-state index is 13.2. The molecule has 0 aromatic heterocycles. The Hall–Kier alpha value is -3.03. The van der Waals surface area contributed by atoms with Gasteiger partial charge in [0.1, 0.15) is 11.6 Å². The lowest BCUT2D eigenvalue weighted by Crippen LogP contribution is -2.38. The second-order valence-corrected chi connectivity index (χ2v) is 8.97. The number of benzene rings is 3. The first-order valence-electron chi connectivity index (χ1n) is 9.47. The van der Waals surface area contributed by atoms with Gasteiger partial charge in [0.15, 0.2) is 0 Å². The van der Waals surface area contributed by atoms with E-state index in [9.17, 15) is 18.2 Å². The summed E-state index contributed by atoms with van der Waals surface area (Å²) in [5, 5.41) is 3.36. The van der Waals surface area contributed by atoms with Gasteiger partial charge in [0, 0.05) is 16.3 Å². The summed E-state index contributed by atoms with van der Waals surface area (Å²) in [6.45, 7) is 1.98. The number of halogens is 2. The van der Waals surface area contributed by atoms with Gasteiger partial charge in [-0.2, -0.15) is 0 Å². The number of anilines is 2. The number of nitrogens with one attached hydrogen (secondary N) is 1. The smallest absolute Gasteiger partial charge is 0.255 e. The molecule has 0 spiro atoms. The third-order valence-corrected chi connectivity index (χ3v) is 6.84. The topological polar surface area (TPSA) is 66.5 Å². The van der Waals surface area contributed by atoms with E-state index in [1.165, 1.54) is 17.0 Å². The lowest BCUT2D eigenvalue weighted by molar-refractivity contribution is -0.116. The van der Waals surface area contributed by atoms with Gasteiger partial charge in [-0.25, -0.2) is 4.39 Å². The highest BCUT2D eigenvalue weighted by molar-refractivity contribution is 7.86. The van der Waals surface area contributed by atoms with Gasteiger partial charge in [0.25, 0.3) is 5.91 Å². The first-order valence-corrected chi connectivity index (χ1v) is 11.2. The molecule has 1 atom stereocenters. The zero-order valence-corrected chi connectivity index (χ0v) is 18.1. The van der Waals surface area contributed by atoms with E-state index >= 15 is 0 Å². The molecule has 1 N–H and O–H groups in total. The molecule has 0 saturated heterocycles. The summed E-state index contributed by atoms with van der Waals surface area (Å²) in [6.07, 6.45) is 0. The minimum absolute atomic E-state index is 0.137. The van der Waals surface area contributed by atoms with Gasteiger partial charge < -0.3 is 10.2 Å². The predicted molar refractivity (Wildman–Crippen MR) is 119 cm³/mol. The van der Waals surface area contributed by atoms with E-state index in [0.29, 0.717) is 26.9 Å². The summed E-state index contributed by atoms with van der Waals surface area (Å²) in [5.74, 6) is -1.20. The van der Waals surface area contributed by atoms with Crippen LogP contribution in [0.15, 0.2) is 65.6 Å². The summed E-state index contributed by atoms with van der Waals surface area (Å²) in [5.41, 5.74) is 2.77. The average molecular weight is 457 g/mol. The highest BCUT2D eigenvalue weighted by atomic mass is 35.5. The third kappa shape index (κ3) is 4.38. The van der Waals surface area contributed by atoms with Gasteiger partial charge in [-0.1, -0.05) is 29.8 Å². The van der Waals surface area contributed by atoms with Crippen LogP contribution in [0.25, 0.3) is 0 Å². The minimum atomic E-state index is -1.49. The van der Waals surface area contributed by atoms with Gasteiger partial charge in [-0.15, -0.1) is 0 Å². The molecule has 3 aromatic rings. The van der Waals surface area contributed by atoms with Crippen molar-refractivity contribution in [1.82, 2.24) is 0 Å². The second kappa shape index (κ2) is 8.61. The van der Waals surface area contributed by atoms with Crippen molar-refractivity contribution in [2.24, 2.45) is 0 Å². The van der Waals surface area contributed by atoms with Crippen LogP contribution < -0.4 is 10.2 Å². The third-order valence-electron chi connectivity index (χ3n) is 5.08. The lowest BCUT2D eigenvalue weighted by atomic mass is 10.1. The van der Waals surface area contributed by atoms with Crippen molar-refractivity contribution in [2.75, 3.05) is 16.0 Å². The van der Waals surface area contributed by atoms with Crippen LogP contribution in [0.1, 0.15) is 21.5 Å². The Morgan fingerprint density at radius 3 is 2.65 bits per heavy atom. The summed E-state index contributed by atoms with van der Waals surface area (Å²) in [7, 11) is -1.49. The fourth-order valence-corrected chi connectivity index (χ4v) is 4.68. The number of carbonyl (C=O) groups excluding carboxylic acids is 2. The SMILES string of the molecule is Cc1c(Cl)cccc1NC(=O)c1ccc2c(c1)N(Cc1ccc(F)cc1)C(=O)C[S@@]2=O. The second-order valence-electron chi connectivity index (χ2n) is 7.15. The van der Waals surface area contributed by atoms with Crippen molar-refractivity contribution in [1.29, 1.82) is 0 Å². The molecule has 31 heavy (non-hydrogen) atoms. The van der Waals surface area contributed by atoms with Crippen LogP contribution in [0.4, 0.5) is 15.8 Å². The first kappa shape index (κ1) is 21.2. The van der Waals surface area contributed by atoms with E-state index in [1.807, 2.05) is 0 Å². The zero-order valence-electron chi connectivity index (χ0n) is 16.5. The molecule has 5 nitrogen and oxygen atoms in total. The van der Waals surface area contributed by atoms with E-state index < -0.39 is 10.8 Å². The van der Waals surface area contributed by atoms with Gasteiger partial charge in [-0.05, 0) is 60.5 Å². The molecule has 0 fully saturated rings. The van der Waals surface area contributed by atoms with Gasteiger partial charge in [0.05, 0.1) is 27.9 Å². The van der Waals surface area contributed by atoms with Crippen molar-refractivity contribution in [3.05, 3.63) is 88.2 Å². The molecule has 0 bridgehead atoms. The standard InChI is InChI=1S/C23H18ClFN2O3S/c1-14-18(24)3-2-4-19(14)26-23(29)16-7-10-21-20(11-16)27(22(28)13-31(21)30)12-15-5-8-17(25)9-6-15/h2-11H,12-13H2,1H3,(H,26,29)/t31-/m0/s1. The summed E-state index contributed by atoms with van der Waals surface area (Å²) < 4.78 is 25.7. The van der Waals surface area contributed by atoms with Crippen molar-refractivity contribution < 1.29 is 18.2 Å². The van der Waals surface area contributed by atoms with Crippen molar-refractivity contribution in [3.8, 4) is 0 Å². The molecule has 2 amide bonds. The van der Waals surface area contributed by atoms with Gasteiger partial charge in [-0.3, -0.25) is 13.8 Å². The minimum Gasteiger partial charge on any atom is -0.322 e. The molecule has 4 rings (SSSR count). The Morgan fingerprint density at radius 2 is 1.90 bits per heavy atom. The molecule has 0 saturated carbocycles. The Balaban J connectivity index is 1.67. The number of hydrogen-bond acceptors (Lipinski definition) is 3. The average Bonchev–Trinajstić information content (AvgIpc) is 2.75. The van der Waals surface area contributed by atoms with Crippen LogP contribution in [-0.4, -0.2) is 21.8 Å². The predicted octanol–water partition coefficient (Wildman–Crippen LogP) is 4.69. The number of hydrogen-bond donors (Lipinski definition) is 1. The van der Waals surface area contributed by atoms with Gasteiger partial charge in [0.2, 0.25) is 5.91 Å². The Bertz CT molecular complexity index is 1210. The summed E-state index contributed by atoms with van der Waals surface area (Å²) in [4.78, 5) is 27.5. The molecule has 0 radical (unpaired) electrons. The summed E-state index contributed by atoms with van der Waals surface area (Å²) >= 11 is 6.12. The number of carbonyl (C=O) groups is 2. The van der Waals surface area contributed by atoms with Crippen LogP contribution in [0.3, 0.4) is 0 Å². The molecule has 8 heteroatoms. The van der Waals surface area contributed by atoms with Gasteiger partial charge >= 0.3 is 0 Å². The van der Waals surface area contributed by atoms with Crippen LogP contribution in [0, 0.1) is 12.7 Å². The van der Waals surface area contributed by atoms with E-state index in [1.54, 1.807) is 55.5 Å². The Morgan fingerprint density at radius 1 is 1.16 bits per heavy atom. The molecule has 0 aliphatic carbocycles. The number of nitrogens with zero attached hydrogens (tertiary/aromatic N) is 1. The maximum atomic E-state index is 13.2. The molecule has 1 aliphatic rings. The van der Waals surface area contributed by atoms with E-state index in [0.717, 1.165) is 11.1 Å². The first-order chi connectivity index (χ1) is 14.8. The largest absolute Gasteiger partial charge is 0.322 e. The quantitative estimate of drug-likeness (QED) is 0.619. The number of rotatable bonds is 4. The maximum Gasteiger partial charge on any atom is 0.255 e. The molecule has 1 aliphatic heterocycles. The fourth-order valence-electron chi connectivity index (χ4n) is 3.35. The highest BCUT2D eigenvalue weighted by Gasteiger charge is 2.30. The monoisotopic (exact) mass is 456 g/mol. The fraction of sp³-hybridized carbons (Fsp3) is 0.130.